The first-order chi connectivity index (χ1) is 14.4. The summed E-state index contributed by atoms with van der Waals surface area (Å²) in [4.78, 5) is 0. The number of hydrogen-bond donors (Lipinski definition) is 7. The largest absolute Gasteiger partial charge is 0.394 e. The number of aliphatic hydroxyl groups excluding tert-OH is 7. The molecular weight excluding hydrogens is 404 g/mol. The van der Waals surface area contributed by atoms with Gasteiger partial charge in [0.05, 0.1) is 19.8 Å². The van der Waals surface area contributed by atoms with E-state index in [0.29, 0.717) is 0 Å². The van der Waals surface area contributed by atoms with Crippen LogP contribution in [0.15, 0.2) is 30.3 Å². The summed E-state index contributed by atoms with van der Waals surface area (Å²) in [7, 11) is 0. The first-order valence-electron chi connectivity index (χ1n) is 9.61. The summed E-state index contributed by atoms with van der Waals surface area (Å²) in [6.45, 7) is -1.18. The molecule has 0 unspecified atom stereocenters. The molecular formula is C19H28O11. The Balaban J connectivity index is 1.66. The quantitative estimate of drug-likeness (QED) is 0.231. The average molecular weight is 432 g/mol. The van der Waals surface area contributed by atoms with Crippen LogP contribution in [0.3, 0.4) is 0 Å². The van der Waals surface area contributed by atoms with Crippen molar-refractivity contribution in [3.05, 3.63) is 35.9 Å². The highest BCUT2D eigenvalue weighted by Gasteiger charge is 2.50. The zero-order valence-electron chi connectivity index (χ0n) is 16.0. The van der Waals surface area contributed by atoms with E-state index in [2.05, 4.69) is 0 Å². The fourth-order valence-corrected chi connectivity index (χ4v) is 3.45. The van der Waals surface area contributed by atoms with Crippen molar-refractivity contribution in [2.24, 2.45) is 0 Å². The van der Waals surface area contributed by atoms with E-state index in [9.17, 15) is 35.7 Å². The van der Waals surface area contributed by atoms with Crippen LogP contribution in [-0.2, 0) is 25.6 Å². The minimum Gasteiger partial charge on any atom is -0.394 e. The third-order valence-electron chi connectivity index (χ3n) is 5.22. The van der Waals surface area contributed by atoms with Crippen LogP contribution in [0.25, 0.3) is 0 Å². The minimum atomic E-state index is -1.71. The predicted molar refractivity (Wildman–Crippen MR) is 97.6 cm³/mol. The summed E-state index contributed by atoms with van der Waals surface area (Å²) in [5.41, 5.74) is 0.808. The molecule has 11 heteroatoms. The highest BCUT2D eigenvalue weighted by Crippen LogP contribution is 2.29. The van der Waals surface area contributed by atoms with Crippen LogP contribution in [0.1, 0.15) is 5.56 Å². The molecule has 2 heterocycles. The SMILES string of the molecule is OC[C@H]1O[C@H](O[C@@H]2[C@H](O)[C@@H](O)[C@H](OCc3ccccc3)O[C@@H]2CO)[C@H](O)[C@@H](O)[C@H]1O. The van der Waals surface area contributed by atoms with Gasteiger partial charge in [0.15, 0.2) is 12.6 Å². The lowest BCUT2D eigenvalue weighted by atomic mass is 9.97. The zero-order valence-corrected chi connectivity index (χ0v) is 16.0. The van der Waals surface area contributed by atoms with E-state index in [1.807, 2.05) is 18.2 Å². The second-order valence-electron chi connectivity index (χ2n) is 7.30. The van der Waals surface area contributed by atoms with Crippen molar-refractivity contribution in [3.63, 3.8) is 0 Å². The van der Waals surface area contributed by atoms with Crippen molar-refractivity contribution in [3.8, 4) is 0 Å². The second kappa shape index (κ2) is 10.4. The lowest BCUT2D eigenvalue weighted by Gasteiger charge is -2.45. The topological polar surface area (TPSA) is 179 Å². The van der Waals surface area contributed by atoms with Crippen LogP contribution in [0.2, 0.25) is 0 Å². The molecule has 2 saturated heterocycles. The third-order valence-corrected chi connectivity index (χ3v) is 5.22. The van der Waals surface area contributed by atoms with Crippen LogP contribution < -0.4 is 0 Å². The molecule has 2 aliphatic rings. The Kier molecular flexibility index (Phi) is 8.12. The van der Waals surface area contributed by atoms with E-state index < -0.39 is 74.6 Å². The summed E-state index contributed by atoms with van der Waals surface area (Å²) < 4.78 is 21.8. The average Bonchev–Trinajstić information content (AvgIpc) is 2.77. The van der Waals surface area contributed by atoms with Crippen LogP contribution in [0, 0.1) is 0 Å². The maximum Gasteiger partial charge on any atom is 0.187 e. The van der Waals surface area contributed by atoms with Crippen LogP contribution in [-0.4, -0.2) is 110 Å². The molecule has 0 radical (unpaired) electrons. The van der Waals surface area contributed by atoms with E-state index in [1.165, 1.54) is 0 Å². The van der Waals surface area contributed by atoms with Crippen molar-refractivity contribution < 1.29 is 54.7 Å². The van der Waals surface area contributed by atoms with E-state index in [-0.39, 0.29) is 6.61 Å². The summed E-state index contributed by atoms with van der Waals surface area (Å²) in [5.74, 6) is 0. The number of benzene rings is 1. The number of hydrogen-bond acceptors (Lipinski definition) is 11. The fraction of sp³-hybridized carbons (Fsp3) is 0.684. The predicted octanol–water partition coefficient (Wildman–Crippen LogP) is -3.17. The molecule has 0 saturated carbocycles. The molecule has 170 valence electrons. The highest BCUT2D eigenvalue weighted by atomic mass is 16.7. The van der Waals surface area contributed by atoms with E-state index in [1.54, 1.807) is 12.1 Å². The lowest BCUT2D eigenvalue weighted by molar-refractivity contribution is -0.360. The van der Waals surface area contributed by atoms with Crippen molar-refractivity contribution in [1.29, 1.82) is 0 Å². The van der Waals surface area contributed by atoms with Crippen molar-refractivity contribution >= 4 is 0 Å². The van der Waals surface area contributed by atoms with Gasteiger partial charge in [0.2, 0.25) is 0 Å². The molecule has 30 heavy (non-hydrogen) atoms. The molecule has 1 aromatic rings. The second-order valence-corrected chi connectivity index (χ2v) is 7.30. The highest BCUT2D eigenvalue weighted by molar-refractivity contribution is 5.13. The van der Waals surface area contributed by atoms with Gasteiger partial charge in [0.25, 0.3) is 0 Å². The van der Waals surface area contributed by atoms with Gasteiger partial charge in [0.1, 0.15) is 48.8 Å². The Bertz CT molecular complexity index is 643. The Hall–Kier alpha value is -1.22. The molecule has 0 aromatic heterocycles. The van der Waals surface area contributed by atoms with Gasteiger partial charge < -0.3 is 54.7 Å². The fourth-order valence-electron chi connectivity index (χ4n) is 3.45. The van der Waals surface area contributed by atoms with E-state index >= 15 is 0 Å². The molecule has 10 atom stereocenters. The molecule has 1 aromatic carbocycles. The number of rotatable bonds is 7. The number of aliphatic hydroxyl groups is 7. The van der Waals surface area contributed by atoms with Gasteiger partial charge >= 0.3 is 0 Å². The third kappa shape index (κ3) is 4.98. The Morgan fingerprint density at radius 1 is 0.700 bits per heavy atom. The molecule has 2 aliphatic heterocycles. The van der Waals surface area contributed by atoms with Gasteiger partial charge in [-0.3, -0.25) is 0 Å². The zero-order chi connectivity index (χ0) is 21.8. The lowest BCUT2D eigenvalue weighted by Crippen LogP contribution is -2.64. The standard InChI is InChI=1S/C19H28O11/c20-6-10-12(22)13(23)15(25)19(28-10)30-17-11(7-21)29-18(16(26)14(17)24)27-8-9-4-2-1-3-5-9/h1-5,10-26H,6-8H2/t10-,11-,12+,13+,14-,15-,16-,17+,18-,19-/m1/s1. The van der Waals surface area contributed by atoms with Gasteiger partial charge in [-0.15, -0.1) is 0 Å². The normalized spacial score (nSPS) is 42.2. The van der Waals surface area contributed by atoms with Gasteiger partial charge in [0, 0.05) is 0 Å². The molecule has 0 aliphatic carbocycles. The Labute approximate surface area is 172 Å². The summed E-state index contributed by atoms with van der Waals surface area (Å²) in [6, 6.07) is 9.07. The van der Waals surface area contributed by atoms with Crippen LogP contribution >= 0.6 is 0 Å². The van der Waals surface area contributed by atoms with Crippen molar-refractivity contribution in [2.75, 3.05) is 13.2 Å². The Morgan fingerprint density at radius 2 is 1.30 bits per heavy atom. The van der Waals surface area contributed by atoms with E-state index in [0.717, 1.165) is 5.56 Å². The van der Waals surface area contributed by atoms with Crippen LogP contribution in [0.5, 0.6) is 0 Å². The molecule has 3 rings (SSSR count). The van der Waals surface area contributed by atoms with Crippen molar-refractivity contribution in [2.45, 2.75) is 68.0 Å². The first-order valence-corrected chi connectivity index (χ1v) is 9.61. The maximum atomic E-state index is 10.5. The smallest absolute Gasteiger partial charge is 0.187 e. The van der Waals surface area contributed by atoms with E-state index in [4.69, 9.17) is 18.9 Å². The monoisotopic (exact) mass is 432 g/mol. The van der Waals surface area contributed by atoms with Gasteiger partial charge in [-0.25, -0.2) is 0 Å². The van der Waals surface area contributed by atoms with Crippen molar-refractivity contribution in [1.82, 2.24) is 0 Å². The molecule has 0 amide bonds. The van der Waals surface area contributed by atoms with Gasteiger partial charge in [-0.2, -0.15) is 0 Å². The first kappa shape index (κ1) is 23.4. The Morgan fingerprint density at radius 3 is 1.93 bits per heavy atom. The molecule has 7 N–H and O–H groups in total. The molecule has 0 spiro atoms. The maximum absolute atomic E-state index is 10.5. The van der Waals surface area contributed by atoms with Gasteiger partial charge in [-0.1, -0.05) is 30.3 Å². The van der Waals surface area contributed by atoms with Crippen LogP contribution in [0.4, 0.5) is 0 Å². The summed E-state index contributed by atoms with van der Waals surface area (Å²) in [6.07, 6.45) is -14.7. The molecule has 2 fully saturated rings. The molecule has 11 nitrogen and oxygen atoms in total. The van der Waals surface area contributed by atoms with Gasteiger partial charge in [-0.05, 0) is 5.56 Å². The summed E-state index contributed by atoms with van der Waals surface area (Å²) in [5, 5.41) is 69.7. The summed E-state index contributed by atoms with van der Waals surface area (Å²) >= 11 is 0. The minimum absolute atomic E-state index is 0.0890. The number of ether oxygens (including phenoxy) is 4. The molecule has 0 bridgehead atoms.